The van der Waals surface area contributed by atoms with Crippen LogP contribution in [0.4, 0.5) is 0 Å². The molecule has 1 aromatic heterocycles. The number of nitrogens with one attached hydrogen (secondary N) is 1. The molecule has 1 aromatic rings. The van der Waals surface area contributed by atoms with E-state index < -0.39 is 0 Å². The zero-order valence-electron chi connectivity index (χ0n) is 15.2. The van der Waals surface area contributed by atoms with E-state index in [1.165, 1.54) is 12.8 Å². The quantitative estimate of drug-likeness (QED) is 0.381. The Morgan fingerprint density at radius 1 is 1.42 bits per heavy atom. The lowest BCUT2D eigenvalue weighted by Gasteiger charge is -2.33. The van der Waals surface area contributed by atoms with Crippen LogP contribution in [-0.4, -0.2) is 60.4 Å². The number of hydrogen-bond acceptors (Lipinski definition) is 4. The number of likely N-dealkylation sites (tertiary alicyclic amines) is 1. The molecule has 24 heavy (non-hydrogen) atoms. The summed E-state index contributed by atoms with van der Waals surface area (Å²) in [6, 6.07) is 2.10. The van der Waals surface area contributed by atoms with E-state index in [1.807, 2.05) is 11.6 Å². The lowest BCUT2D eigenvalue weighted by Crippen LogP contribution is -2.47. The molecule has 2 rings (SSSR count). The van der Waals surface area contributed by atoms with Gasteiger partial charge in [0.1, 0.15) is 0 Å². The molecule has 1 aliphatic rings. The van der Waals surface area contributed by atoms with Crippen molar-refractivity contribution >= 4 is 11.9 Å². The molecule has 0 bridgehead atoms. The number of piperidine rings is 1. The summed E-state index contributed by atoms with van der Waals surface area (Å²) in [6.45, 7) is 7.50. The largest absolute Gasteiger partial charge is 0.469 e. The first kappa shape index (κ1) is 18.3. The molecule has 1 aliphatic heterocycles. The van der Waals surface area contributed by atoms with Crippen molar-refractivity contribution in [3.05, 3.63) is 17.5 Å². The predicted octanol–water partition coefficient (Wildman–Crippen LogP) is 1.35. The maximum absolute atomic E-state index is 11.6. The normalized spacial score (nSPS) is 16.3. The Balaban J connectivity index is 1.73. The molecule has 1 saturated heterocycles. The molecule has 0 saturated carbocycles. The number of aryl methyl sites for hydroxylation is 3. The number of rotatable bonds is 5. The van der Waals surface area contributed by atoms with E-state index in [1.54, 1.807) is 7.05 Å². The molecule has 0 unspecified atom stereocenters. The number of methoxy groups -OCH3 is 1. The average Bonchev–Trinajstić information content (AvgIpc) is 2.92. The highest BCUT2D eigenvalue weighted by Crippen LogP contribution is 2.18. The Morgan fingerprint density at radius 3 is 2.67 bits per heavy atom. The SMILES string of the molecule is CN=C(NCCCn1nc(C)cc1C)N1CCC(C(=O)OC)CC1. The summed E-state index contributed by atoms with van der Waals surface area (Å²) in [5, 5.41) is 7.89. The van der Waals surface area contributed by atoms with Gasteiger partial charge in [0.15, 0.2) is 5.96 Å². The minimum absolute atomic E-state index is 0.0235. The van der Waals surface area contributed by atoms with Crippen LogP contribution in [0.1, 0.15) is 30.7 Å². The number of aromatic nitrogens is 2. The molecule has 7 nitrogen and oxygen atoms in total. The van der Waals surface area contributed by atoms with Gasteiger partial charge in [-0.15, -0.1) is 0 Å². The van der Waals surface area contributed by atoms with Gasteiger partial charge >= 0.3 is 5.97 Å². The number of nitrogens with zero attached hydrogens (tertiary/aromatic N) is 4. The molecule has 7 heteroatoms. The molecule has 134 valence electrons. The van der Waals surface area contributed by atoms with Crippen LogP contribution < -0.4 is 5.32 Å². The van der Waals surface area contributed by atoms with Crippen LogP contribution in [0.5, 0.6) is 0 Å². The Bertz CT molecular complexity index is 574. The monoisotopic (exact) mass is 335 g/mol. The van der Waals surface area contributed by atoms with Crippen LogP contribution in [0, 0.1) is 19.8 Å². The summed E-state index contributed by atoms with van der Waals surface area (Å²) in [7, 11) is 3.26. The summed E-state index contributed by atoms with van der Waals surface area (Å²) in [6.07, 6.45) is 2.62. The van der Waals surface area contributed by atoms with Crippen molar-refractivity contribution in [2.75, 3.05) is 33.8 Å². The van der Waals surface area contributed by atoms with Crippen LogP contribution in [-0.2, 0) is 16.1 Å². The minimum Gasteiger partial charge on any atom is -0.469 e. The van der Waals surface area contributed by atoms with Gasteiger partial charge < -0.3 is 15.0 Å². The second kappa shape index (κ2) is 8.70. The zero-order valence-corrected chi connectivity index (χ0v) is 15.2. The van der Waals surface area contributed by atoms with Gasteiger partial charge in [0.25, 0.3) is 0 Å². The number of aliphatic imine (C=N–C) groups is 1. The fourth-order valence-electron chi connectivity index (χ4n) is 3.16. The van der Waals surface area contributed by atoms with Crippen molar-refractivity contribution in [3.8, 4) is 0 Å². The van der Waals surface area contributed by atoms with E-state index >= 15 is 0 Å². The van der Waals surface area contributed by atoms with Gasteiger partial charge in [0.05, 0.1) is 18.7 Å². The van der Waals surface area contributed by atoms with Gasteiger partial charge in [-0.1, -0.05) is 0 Å². The second-order valence-corrected chi connectivity index (χ2v) is 6.26. The van der Waals surface area contributed by atoms with Crippen LogP contribution in [0.2, 0.25) is 0 Å². The highest BCUT2D eigenvalue weighted by atomic mass is 16.5. The Morgan fingerprint density at radius 2 is 2.12 bits per heavy atom. The fourth-order valence-corrected chi connectivity index (χ4v) is 3.16. The van der Waals surface area contributed by atoms with Crippen molar-refractivity contribution in [2.24, 2.45) is 10.9 Å². The van der Waals surface area contributed by atoms with Crippen LogP contribution in [0.25, 0.3) is 0 Å². The minimum atomic E-state index is -0.0949. The summed E-state index contributed by atoms with van der Waals surface area (Å²) < 4.78 is 6.88. The third-order valence-corrected chi connectivity index (χ3v) is 4.47. The molecule has 0 spiro atoms. The summed E-state index contributed by atoms with van der Waals surface area (Å²) in [4.78, 5) is 18.2. The lowest BCUT2D eigenvalue weighted by molar-refractivity contribution is -0.146. The maximum Gasteiger partial charge on any atom is 0.308 e. The van der Waals surface area contributed by atoms with E-state index in [9.17, 15) is 4.79 Å². The van der Waals surface area contributed by atoms with Gasteiger partial charge in [0.2, 0.25) is 0 Å². The van der Waals surface area contributed by atoms with Gasteiger partial charge in [0, 0.05) is 38.9 Å². The topological polar surface area (TPSA) is 71.8 Å². The highest BCUT2D eigenvalue weighted by Gasteiger charge is 2.26. The van der Waals surface area contributed by atoms with Crippen molar-refractivity contribution in [3.63, 3.8) is 0 Å². The van der Waals surface area contributed by atoms with E-state index in [0.29, 0.717) is 0 Å². The van der Waals surface area contributed by atoms with Crippen molar-refractivity contribution < 1.29 is 9.53 Å². The van der Waals surface area contributed by atoms with Gasteiger partial charge in [-0.2, -0.15) is 5.10 Å². The van der Waals surface area contributed by atoms with Crippen LogP contribution in [0.3, 0.4) is 0 Å². The first-order valence-electron chi connectivity index (χ1n) is 8.59. The smallest absolute Gasteiger partial charge is 0.308 e. The van der Waals surface area contributed by atoms with Crippen molar-refractivity contribution in [2.45, 2.75) is 39.7 Å². The molecule has 0 amide bonds. The number of hydrogen-bond donors (Lipinski definition) is 1. The molecular formula is C17H29N5O2. The standard InChI is InChI=1S/C17H29N5O2/c1-13-12-14(2)22(20-13)9-5-8-19-17(18-3)21-10-6-15(7-11-21)16(23)24-4/h12,15H,5-11H2,1-4H3,(H,18,19). The van der Waals surface area contributed by atoms with Gasteiger partial charge in [-0.3, -0.25) is 14.5 Å². The molecule has 0 aliphatic carbocycles. The number of guanidine groups is 1. The first-order valence-corrected chi connectivity index (χ1v) is 8.59. The number of esters is 1. The van der Waals surface area contributed by atoms with Crippen LogP contribution in [0.15, 0.2) is 11.1 Å². The maximum atomic E-state index is 11.6. The molecule has 2 heterocycles. The molecule has 1 fully saturated rings. The molecule has 1 N–H and O–H groups in total. The number of ether oxygens (including phenoxy) is 1. The molecule has 0 radical (unpaired) electrons. The average molecular weight is 335 g/mol. The number of carbonyl (C=O) groups is 1. The predicted molar refractivity (Wildman–Crippen MR) is 94.0 cm³/mol. The second-order valence-electron chi connectivity index (χ2n) is 6.26. The third-order valence-electron chi connectivity index (χ3n) is 4.47. The summed E-state index contributed by atoms with van der Waals surface area (Å²) in [5.74, 6) is 0.838. The van der Waals surface area contributed by atoms with Gasteiger partial charge in [-0.05, 0) is 39.2 Å². The molecule has 0 atom stereocenters. The third kappa shape index (κ3) is 4.72. The highest BCUT2D eigenvalue weighted by molar-refractivity contribution is 5.80. The fraction of sp³-hybridized carbons (Fsp3) is 0.706. The van der Waals surface area contributed by atoms with Crippen LogP contribution >= 0.6 is 0 Å². The molecule has 0 aromatic carbocycles. The van der Waals surface area contributed by atoms with Crippen molar-refractivity contribution in [1.29, 1.82) is 0 Å². The van der Waals surface area contributed by atoms with Gasteiger partial charge in [-0.25, -0.2) is 0 Å². The lowest BCUT2D eigenvalue weighted by atomic mass is 9.97. The van der Waals surface area contributed by atoms with E-state index in [0.717, 1.165) is 57.1 Å². The van der Waals surface area contributed by atoms with E-state index in [-0.39, 0.29) is 11.9 Å². The van der Waals surface area contributed by atoms with E-state index in [4.69, 9.17) is 4.74 Å². The molecular weight excluding hydrogens is 306 g/mol. The zero-order chi connectivity index (χ0) is 17.5. The Labute approximate surface area is 144 Å². The number of carbonyl (C=O) groups excluding carboxylic acids is 1. The van der Waals surface area contributed by atoms with Crippen molar-refractivity contribution in [1.82, 2.24) is 20.0 Å². The summed E-state index contributed by atoms with van der Waals surface area (Å²) >= 11 is 0. The van der Waals surface area contributed by atoms with E-state index in [2.05, 4.69) is 33.3 Å². The first-order chi connectivity index (χ1) is 11.5. The Hall–Kier alpha value is -2.05. The Kier molecular flexibility index (Phi) is 6.63. The summed E-state index contributed by atoms with van der Waals surface area (Å²) in [5.41, 5.74) is 2.26.